The zero-order valence-electron chi connectivity index (χ0n) is 15.8. The highest BCUT2D eigenvalue weighted by atomic mass is 32.2. The SMILES string of the molecule is CCN(CC)S(=O)(=O)c1ccc2c(c1)CCN2C(=O)CCc1cccnc1. The second-order valence-corrected chi connectivity index (χ2v) is 8.47. The first-order valence-electron chi connectivity index (χ1n) is 9.29. The summed E-state index contributed by atoms with van der Waals surface area (Å²) in [5, 5.41) is 0. The molecule has 0 unspecified atom stereocenters. The average Bonchev–Trinajstić information content (AvgIpc) is 3.11. The van der Waals surface area contributed by atoms with Crippen LogP contribution in [0.4, 0.5) is 5.69 Å². The van der Waals surface area contributed by atoms with Crippen molar-refractivity contribution in [2.24, 2.45) is 0 Å². The van der Waals surface area contributed by atoms with Crippen LogP contribution in [0.3, 0.4) is 0 Å². The van der Waals surface area contributed by atoms with Gasteiger partial charge in [0.05, 0.1) is 4.90 Å². The molecule has 0 aliphatic carbocycles. The minimum absolute atomic E-state index is 0.0527. The van der Waals surface area contributed by atoms with Crippen LogP contribution in [0.2, 0.25) is 0 Å². The van der Waals surface area contributed by atoms with E-state index in [0.29, 0.717) is 43.8 Å². The van der Waals surface area contributed by atoms with Gasteiger partial charge in [0.15, 0.2) is 0 Å². The standard InChI is InChI=1S/C20H25N3O3S/c1-3-22(4-2)27(25,26)18-8-9-19-17(14-18)11-13-23(19)20(24)10-7-16-6-5-12-21-15-16/h5-6,8-9,12,14-15H,3-4,7,10-11,13H2,1-2H3. The van der Waals surface area contributed by atoms with Crippen LogP contribution in [-0.2, 0) is 27.7 Å². The summed E-state index contributed by atoms with van der Waals surface area (Å²) in [7, 11) is -3.48. The lowest BCUT2D eigenvalue weighted by Gasteiger charge is -2.20. The van der Waals surface area contributed by atoms with E-state index >= 15 is 0 Å². The van der Waals surface area contributed by atoms with Crippen molar-refractivity contribution < 1.29 is 13.2 Å². The summed E-state index contributed by atoms with van der Waals surface area (Å²) >= 11 is 0. The van der Waals surface area contributed by atoms with Gasteiger partial charge in [-0.25, -0.2) is 8.42 Å². The molecule has 1 amide bonds. The first-order valence-corrected chi connectivity index (χ1v) is 10.7. The Kier molecular flexibility index (Phi) is 5.92. The summed E-state index contributed by atoms with van der Waals surface area (Å²) in [4.78, 5) is 18.8. The van der Waals surface area contributed by atoms with Gasteiger partial charge in [0.1, 0.15) is 0 Å². The Hall–Kier alpha value is -2.25. The summed E-state index contributed by atoms with van der Waals surface area (Å²) in [5.74, 6) is 0.0527. The van der Waals surface area contributed by atoms with E-state index in [1.165, 1.54) is 4.31 Å². The molecule has 0 atom stereocenters. The number of nitrogens with zero attached hydrogens (tertiary/aromatic N) is 3. The monoisotopic (exact) mass is 387 g/mol. The highest BCUT2D eigenvalue weighted by Gasteiger charge is 2.28. The van der Waals surface area contributed by atoms with Crippen molar-refractivity contribution in [1.29, 1.82) is 0 Å². The summed E-state index contributed by atoms with van der Waals surface area (Å²) in [6.45, 7) is 5.13. The molecule has 1 aromatic carbocycles. The number of hydrogen-bond donors (Lipinski definition) is 0. The fourth-order valence-electron chi connectivity index (χ4n) is 3.44. The Balaban J connectivity index is 1.75. The van der Waals surface area contributed by atoms with E-state index < -0.39 is 10.0 Å². The molecule has 144 valence electrons. The van der Waals surface area contributed by atoms with Gasteiger partial charge < -0.3 is 4.90 Å². The van der Waals surface area contributed by atoms with Crippen LogP contribution in [-0.4, -0.2) is 43.2 Å². The summed E-state index contributed by atoms with van der Waals surface area (Å²) in [5.41, 5.74) is 2.77. The van der Waals surface area contributed by atoms with Crippen LogP contribution < -0.4 is 4.90 Å². The zero-order chi connectivity index (χ0) is 19.4. The zero-order valence-corrected chi connectivity index (χ0v) is 16.6. The Morgan fingerprint density at radius 1 is 1.22 bits per heavy atom. The van der Waals surface area contributed by atoms with Gasteiger partial charge in [-0.05, 0) is 48.2 Å². The second-order valence-electron chi connectivity index (χ2n) is 6.54. The van der Waals surface area contributed by atoms with E-state index in [1.54, 1.807) is 35.5 Å². The molecule has 7 heteroatoms. The number of amides is 1. The Morgan fingerprint density at radius 2 is 2.00 bits per heavy atom. The van der Waals surface area contributed by atoms with Crippen LogP contribution in [0.15, 0.2) is 47.6 Å². The van der Waals surface area contributed by atoms with Crippen LogP contribution >= 0.6 is 0 Å². The molecule has 0 bridgehead atoms. The van der Waals surface area contributed by atoms with E-state index in [1.807, 2.05) is 26.0 Å². The molecule has 2 aromatic rings. The van der Waals surface area contributed by atoms with E-state index in [4.69, 9.17) is 0 Å². The largest absolute Gasteiger partial charge is 0.312 e. The van der Waals surface area contributed by atoms with E-state index in [-0.39, 0.29) is 5.91 Å². The van der Waals surface area contributed by atoms with E-state index in [0.717, 1.165) is 16.8 Å². The van der Waals surface area contributed by atoms with Gasteiger partial charge in [-0.2, -0.15) is 4.31 Å². The summed E-state index contributed by atoms with van der Waals surface area (Å²) in [6.07, 6.45) is 5.22. The number of pyridine rings is 1. The maximum atomic E-state index is 12.7. The fraction of sp³-hybridized carbons (Fsp3) is 0.400. The molecule has 0 N–H and O–H groups in total. The molecule has 1 aliphatic rings. The highest BCUT2D eigenvalue weighted by Crippen LogP contribution is 2.31. The molecule has 3 rings (SSSR count). The van der Waals surface area contributed by atoms with Gasteiger partial charge in [-0.3, -0.25) is 9.78 Å². The number of carbonyl (C=O) groups excluding carboxylic acids is 1. The molecular weight excluding hydrogens is 362 g/mol. The number of aryl methyl sites for hydroxylation is 1. The van der Waals surface area contributed by atoms with Crippen molar-refractivity contribution in [2.45, 2.75) is 38.0 Å². The molecule has 2 heterocycles. The Morgan fingerprint density at radius 3 is 2.67 bits per heavy atom. The molecule has 0 fully saturated rings. The number of rotatable bonds is 7. The molecule has 1 aliphatic heterocycles. The van der Waals surface area contributed by atoms with Gasteiger partial charge in [0.2, 0.25) is 15.9 Å². The third-order valence-corrected chi connectivity index (χ3v) is 6.99. The molecule has 0 spiro atoms. The van der Waals surface area contributed by atoms with Crippen LogP contribution in [0.25, 0.3) is 0 Å². The van der Waals surface area contributed by atoms with E-state index in [2.05, 4.69) is 4.98 Å². The predicted octanol–water partition coefficient (Wildman–Crippen LogP) is 2.63. The molecule has 0 saturated heterocycles. The number of aromatic nitrogens is 1. The molecule has 1 aromatic heterocycles. The first-order chi connectivity index (χ1) is 13.0. The van der Waals surface area contributed by atoms with Gasteiger partial charge in [-0.1, -0.05) is 19.9 Å². The number of benzene rings is 1. The van der Waals surface area contributed by atoms with Crippen molar-refractivity contribution in [2.75, 3.05) is 24.5 Å². The van der Waals surface area contributed by atoms with Crippen molar-refractivity contribution in [3.05, 3.63) is 53.9 Å². The minimum atomic E-state index is -3.48. The van der Waals surface area contributed by atoms with Crippen LogP contribution in [0.1, 0.15) is 31.4 Å². The van der Waals surface area contributed by atoms with Gasteiger partial charge >= 0.3 is 0 Å². The Labute approximate surface area is 160 Å². The highest BCUT2D eigenvalue weighted by molar-refractivity contribution is 7.89. The topological polar surface area (TPSA) is 70.6 Å². The molecular formula is C20H25N3O3S. The van der Waals surface area contributed by atoms with Gasteiger partial charge in [-0.15, -0.1) is 0 Å². The maximum Gasteiger partial charge on any atom is 0.243 e. The molecule has 0 saturated carbocycles. The number of fused-ring (bicyclic) bond motifs is 1. The van der Waals surface area contributed by atoms with Gasteiger partial charge in [0, 0.05) is 44.1 Å². The minimum Gasteiger partial charge on any atom is -0.312 e. The first kappa shape index (κ1) is 19.5. The van der Waals surface area contributed by atoms with Crippen LogP contribution in [0, 0.1) is 0 Å². The van der Waals surface area contributed by atoms with Crippen molar-refractivity contribution in [3.63, 3.8) is 0 Å². The average molecular weight is 388 g/mol. The van der Waals surface area contributed by atoms with Gasteiger partial charge in [0.25, 0.3) is 0 Å². The van der Waals surface area contributed by atoms with Crippen LogP contribution in [0.5, 0.6) is 0 Å². The molecule has 6 nitrogen and oxygen atoms in total. The lowest BCUT2D eigenvalue weighted by atomic mass is 10.1. The number of anilines is 1. The fourth-order valence-corrected chi connectivity index (χ4v) is 4.95. The number of hydrogen-bond acceptors (Lipinski definition) is 4. The lowest BCUT2D eigenvalue weighted by molar-refractivity contribution is -0.118. The predicted molar refractivity (Wildman–Crippen MR) is 105 cm³/mol. The van der Waals surface area contributed by atoms with Crippen molar-refractivity contribution >= 4 is 21.6 Å². The second kappa shape index (κ2) is 8.19. The third kappa shape index (κ3) is 4.04. The van der Waals surface area contributed by atoms with E-state index in [9.17, 15) is 13.2 Å². The summed E-state index contributed by atoms with van der Waals surface area (Å²) < 4.78 is 26.9. The maximum absolute atomic E-state index is 12.7. The third-order valence-electron chi connectivity index (χ3n) is 4.94. The quantitative estimate of drug-likeness (QED) is 0.732. The number of sulfonamides is 1. The molecule has 27 heavy (non-hydrogen) atoms. The van der Waals surface area contributed by atoms with Crippen molar-refractivity contribution in [1.82, 2.24) is 9.29 Å². The summed E-state index contributed by atoms with van der Waals surface area (Å²) in [6, 6.07) is 8.92. The lowest BCUT2D eigenvalue weighted by Crippen LogP contribution is -2.30. The normalized spacial score (nSPS) is 13.8. The number of carbonyl (C=O) groups is 1. The smallest absolute Gasteiger partial charge is 0.243 e. The molecule has 0 radical (unpaired) electrons. The van der Waals surface area contributed by atoms with Crippen molar-refractivity contribution in [3.8, 4) is 0 Å². The Bertz CT molecular complexity index is 909.